The highest BCUT2D eigenvalue weighted by Crippen LogP contribution is 2.30. The topological polar surface area (TPSA) is 56.6 Å². The molecule has 1 amide bonds. The molecule has 1 unspecified atom stereocenters. The molecule has 6 nitrogen and oxygen atoms in total. The number of fused-ring (bicyclic) bond motifs is 1. The second kappa shape index (κ2) is 8.30. The van der Waals surface area contributed by atoms with Crippen LogP contribution >= 0.6 is 0 Å². The van der Waals surface area contributed by atoms with Crippen LogP contribution in [-0.2, 0) is 16.0 Å². The van der Waals surface area contributed by atoms with Gasteiger partial charge in [-0.25, -0.2) is 9.78 Å². The summed E-state index contributed by atoms with van der Waals surface area (Å²) in [6.45, 7) is 8.70. The van der Waals surface area contributed by atoms with Crippen molar-refractivity contribution in [2.45, 2.75) is 58.1 Å². The predicted octanol–water partition coefficient (Wildman–Crippen LogP) is 4.19. The number of amides is 1. The van der Waals surface area contributed by atoms with Gasteiger partial charge in [-0.2, -0.15) is 0 Å². The van der Waals surface area contributed by atoms with Crippen molar-refractivity contribution < 1.29 is 14.3 Å². The minimum absolute atomic E-state index is 0.223. The van der Waals surface area contributed by atoms with Crippen molar-refractivity contribution in [3.8, 4) is 0 Å². The molecule has 0 N–H and O–H groups in total. The van der Waals surface area contributed by atoms with Crippen LogP contribution in [0.3, 0.4) is 0 Å². The summed E-state index contributed by atoms with van der Waals surface area (Å²) >= 11 is 0. The molecule has 1 fully saturated rings. The highest BCUT2D eigenvalue weighted by atomic mass is 16.6. The van der Waals surface area contributed by atoms with Crippen LogP contribution < -0.4 is 0 Å². The van der Waals surface area contributed by atoms with Gasteiger partial charge in [-0.3, -0.25) is 0 Å². The summed E-state index contributed by atoms with van der Waals surface area (Å²) in [5, 5.41) is 0. The Morgan fingerprint density at radius 2 is 2.07 bits per heavy atom. The van der Waals surface area contributed by atoms with Gasteiger partial charge in [0.1, 0.15) is 11.4 Å². The van der Waals surface area contributed by atoms with Gasteiger partial charge in [0.25, 0.3) is 0 Å². The van der Waals surface area contributed by atoms with E-state index in [-0.39, 0.29) is 12.0 Å². The zero-order valence-corrected chi connectivity index (χ0v) is 16.9. The van der Waals surface area contributed by atoms with E-state index in [9.17, 15) is 4.79 Å². The van der Waals surface area contributed by atoms with Gasteiger partial charge in [0.05, 0.1) is 11.0 Å². The van der Waals surface area contributed by atoms with Crippen molar-refractivity contribution in [3.63, 3.8) is 0 Å². The fraction of sp³-hybridized carbons (Fsp3) is 0.619. The maximum absolute atomic E-state index is 12.5. The Morgan fingerprint density at radius 3 is 2.81 bits per heavy atom. The quantitative estimate of drug-likeness (QED) is 0.738. The van der Waals surface area contributed by atoms with Crippen LogP contribution in [0.25, 0.3) is 11.0 Å². The SMILES string of the molecule is COCCCn1c(C2CCCN(C(=O)OC(C)(C)C)C2)nc2ccccc21. The number of carbonyl (C=O) groups is 1. The number of para-hydroxylation sites is 2. The minimum atomic E-state index is -0.475. The lowest BCUT2D eigenvalue weighted by Crippen LogP contribution is -2.42. The highest BCUT2D eigenvalue weighted by Gasteiger charge is 2.31. The molecule has 0 spiro atoms. The van der Waals surface area contributed by atoms with Crippen LogP contribution in [0.15, 0.2) is 24.3 Å². The Balaban J connectivity index is 1.83. The van der Waals surface area contributed by atoms with E-state index in [1.165, 1.54) is 0 Å². The average Bonchev–Trinajstić information content (AvgIpc) is 2.99. The Bertz CT molecular complexity index is 779. The first-order chi connectivity index (χ1) is 12.9. The number of rotatable bonds is 5. The molecule has 1 aliphatic heterocycles. The molecule has 0 saturated carbocycles. The number of carbonyl (C=O) groups excluding carboxylic acids is 1. The van der Waals surface area contributed by atoms with Crippen LogP contribution in [-0.4, -0.2) is 53.0 Å². The van der Waals surface area contributed by atoms with Gasteiger partial charge in [-0.05, 0) is 52.2 Å². The van der Waals surface area contributed by atoms with Gasteiger partial charge in [-0.1, -0.05) is 12.1 Å². The average molecular weight is 373 g/mol. The maximum Gasteiger partial charge on any atom is 0.410 e. The van der Waals surface area contributed by atoms with Crippen molar-refractivity contribution >= 4 is 17.1 Å². The number of hydrogen-bond acceptors (Lipinski definition) is 4. The standard InChI is InChI=1S/C21H31N3O3/c1-21(2,3)27-20(25)23-12-7-9-16(15-23)19-22-17-10-5-6-11-18(17)24(19)13-8-14-26-4/h5-6,10-11,16H,7-9,12-15H2,1-4H3. The summed E-state index contributed by atoms with van der Waals surface area (Å²) < 4.78 is 13.1. The first-order valence-electron chi connectivity index (χ1n) is 9.81. The van der Waals surface area contributed by atoms with E-state index in [0.717, 1.165) is 55.8 Å². The first-order valence-corrected chi connectivity index (χ1v) is 9.81. The van der Waals surface area contributed by atoms with Crippen molar-refractivity contribution in [1.29, 1.82) is 0 Å². The molecule has 148 valence electrons. The molecule has 27 heavy (non-hydrogen) atoms. The lowest BCUT2D eigenvalue weighted by molar-refractivity contribution is 0.0195. The number of ether oxygens (including phenoxy) is 2. The summed E-state index contributed by atoms with van der Waals surface area (Å²) in [6.07, 6.45) is 2.71. The summed E-state index contributed by atoms with van der Waals surface area (Å²) in [7, 11) is 1.73. The number of methoxy groups -OCH3 is 1. The van der Waals surface area contributed by atoms with Crippen LogP contribution in [0, 0.1) is 0 Å². The molecule has 2 aromatic rings. The molecule has 1 aromatic carbocycles. The van der Waals surface area contributed by atoms with Gasteiger partial charge in [0.2, 0.25) is 0 Å². The molecule has 1 aromatic heterocycles. The molecule has 6 heteroatoms. The monoisotopic (exact) mass is 373 g/mol. The molecule has 1 atom stereocenters. The molecule has 1 saturated heterocycles. The van der Waals surface area contributed by atoms with E-state index >= 15 is 0 Å². The smallest absolute Gasteiger partial charge is 0.410 e. The van der Waals surface area contributed by atoms with Gasteiger partial charge < -0.3 is 18.9 Å². The third kappa shape index (κ3) is 4.80. The van der Waals surface area contributed by atoms with E-state index < -0.39 is 5.60 Å². The fourth-order valence-corrected chi connectivity index (χ4v) is 3.69. The minimum Gasteiger partial charge on any atom is -0.444 e. The van der Waals surface area contributed by atoms with Crippen LogP contribution in [0.4, 0.5) is 4.79 Å². The van der Waals surface area contributed by atoms with Gasteiger partial charge in [0, 0.05) is 39.3 Å². The van der Waals surface area contributed by atoms with Crippen LogP contribution in [0.2, 0.25) is 0 Å². The predicted molar refractivity (Wildman–Crippen MR) is 106 cm³/mol. The molecular formula is C21H31N3O3. The summed E-state index contributed by atoms with van der Waals surface area (Å²) in [4.78, 5) is 19.3. The molecule has 1 aliphatic rings. The molecule has 2 heterocycles. The first kappa shape index (κ1) is 19.7. The van der Waals surface area contributed by atoms with Crippen molar-refractivity contribution in [1.82, 2.24) is 14.5 Å². The summed E-state index contributed by atoms with van der Waals surface area (Å²) in [5.74, 6) is 1.29. The number of benzene rings is 1. The molecular weight excluding hydrogens is 342 g/mol. The number of aromatic nitrogens is 2. The lowest BCUT2D eigenvalue weighted by atomic mass is 9.97. The van der Waals surface area contributed by atoms with Crippen molar-refractivity contribution in [2.75, 3.05) is 26.8 Å². The Hall–Kier alpha value is -2.08. The fourth-order valence-electron chi connectivity index (χ4n) is 3.69. The lowest BCUT2D eigenvalue weighted by Gasteiger charge is -2.34. The van der Waals surface area contributed by atoms with Gasteiger partial charge in [0.15, 0.2) is 0 Å². The number of imidazole rings is 1. The summed E-state index contributed by atoms with van der Waals surface area (Å²) in [5.41, 5.74) is 1.69. The third-order valence-electron chi connectivity index (χ3n) is 4.85. The Kier molecular flexibility index (Phi) is 6.05. The normalized spacial score (nSPS) is 18.1. The van der Waals surface area contributed by atoms with Crippen LogP contribution in [0.5, 0.6) is 0 Å². The number of nitrogens with zero attached hydrogens (tertiary/aromatic N) is 3. The third-order valence-corrected chi connectivity index (χ3v) is 4.85. The molecule has 3 rings (SSSR count). The number of aryl methyl sites for hydroxylation is 1. The zero-order valence-electron chi connectivity index (χ0n) is 16.9. The highest BCUT2D eigenvalue weighted by molar-refractivity contribution is 5.76. The molecule has 0 bridgehead atoms. The van der Waals surface area contributed by atoms with E-state index in [4.69, 9.17) is 14.5 Å². The van der Waals surface area contributed by atoms with E-state index in [2.05, 4.69) is 22.8 Å². The molecule has 0 aliphatic carbocycles. The van der Waals surface area contributed by atoms with E-state index in [1.54, 1.807) is 7.11 Å². The second-order valence-corrected chi connectivity index (χ2v) is 8.22. The molecule has 0 radical (unpaired) electrons. The van der Waals surface area contributed by atoms with Crippen LogP contribution in [0.1, 0.15) is 51.8 Å². The Morgan fingerprint density at radius 1 is 1.30 bits per heavy atom. The second-order valence-electron chi connectivity index (χ2n) is 8.22. The van der Waals surface area contributed by atoms with Crippen molar-refractivity contribution in [3.05, 3.63) is 30.1 Å². The van der Waals surface area contributed by atoms with Gasteiger partial charge in [-0.15, -0.1) is 0 Å². The van der Waals surface area contributed by atoms with Gasteiger partial charge >= 0.3 is 6.09 Å². The maximum atomic E-state index is 12.5. The number of piperidine rings is 1. The summed E-state index contributed by atoms with van der Waals surface area (Å²) in [6, 6.07) is 8.24. The van der Waals surface area contributed by atoms with E-state index in [1.807, 2.05) is 31.7 Å². The number of likely N-dealkylation sites (tertiary alicyclic amines) is 1. The Labute approximate surface area is 161 Å². The number of hydrogen-bond donors (Lipinski definition) is 0. The zero-order chi connectivity index (χ0) is 19.4. The van der Waals surface area contributed by atoms with E-state index in [0.29, 0.717) is 6.54 Å². The van der Waals surface area contributed by atoms with Crippen molar-refractivity contribution in [2.24, 2.45) is 0 Å². The largest absolute Gasteiger partial charge is 0.444 e.